The van der Waals surface area contributed by atoms with Crippen LogP contribution in [0.4, 0.5) is 0 Å². The van der Waals surface area contributed by atoms with Crippen molar-refractivity contribution in [3.8, 4) is 0 Å². The first kappa shape index (κ1) is 15.5. The van der Waals surface area contributed by atoms with E-state index in [-0.39, 0.29) is 12.3 Å². The largest absolute Gasteiger partial charge is 0.481 e. The minimum Gasteiger partial charge on any atom is -0.481 e. The number of carbonyl (C=O) groups is 2. The maximum atomic E-state index is 12.3. The normalized spacial score (nSPS) is 16.1. The Hall–Kier alpha value is -1.93. The second-order valence-electron chi connectivity index (χ2n) is 5.06. The van der Waals surface area contributed by atoms with E-state index in [9.17, 15) is 9.59 Å². The molecule has 0 aliphatic carbocycles. The molecule has 1 aliphatic heterocycles. The molecular formula is C13H21N5O3. The average Bonchev–Trinajstić information content (AvgIpc) is 2.94. The Morgan fingerprint density at radius 2 is 1.95 bits per heavy atom. The lowest BCUT2D eigenvalue weighted by Crippen LogP contribution is -2.49. The Morgan fingerprint density at radius 1 is 1.24 bits per heavy atom. The average molecular weight is 295 g/mol. The molecule has 0 radical (unpaired) electrons. The molecule has 1 aromatic heterocycles. The van der Waals surface area contributed by atoms with Crippen molar-refractivity contribution in [3.63, 3.8) is 0 Å². The maximum absolute atomic E-state index is 12.3. The molecule has 8 nitrogen and oxygen atoms in total. The van der Waals surface area contributed by atoms with Crippen LogP contribution < -0.4 is 5.73 Å². The number of nitrogens with zero attached hydrogens (tertiary/aromatic N) is 4. The number of piperazine rings is 1. The zero-order chi connectivity index (χ0) is 15.2. The summed E-state index contributed by atoms with van der Waals surface area (Å²) in [6.07, 6.45) is 3.46. The van der Waals surface area contributed by atoms with Gasteiger partial charge >= 0.3 is 5.97 Å². The molecular weight excluding hydrogens is 274 g/mol. The first-order valence-electron chi connectivity index (χ1n) is 7.05. The molecule has 0 atom stereocenters. The Balaban J connectivity index is 1.83. The number of carboxylic acid groups (broad SMARTS) is 1. The lowest BCUT2D eigenvalue weighted by Gasteiger charge is -2.34. The predicted molar refractivity (Wildman–Crippen MR) is 75.9 cm³/mol. The van der Waals surface area contributed by atoms with Crippen molar-refractivity contribution < 1.29 is 14.7 Å². The lowest BCUT2D eigenvalue weighted by atomic mass is 10.2. The molecule has 0 spiro atoms. The third-order valence-corrected chi connectivity index (χ3v) is 3.54. The molecule has 2 rings (SSSR count). The molecule has 21 heavy (non-hydrogen) atoms. The molecule has 3 N–H and O–H groups in total. The van der Waals surface area contributed by atoms with Crippen LogP contribution in [0.25, 0.3) is 0 Å². The lowest BCUT2D eigenvalue weighted by molar-refractivity contribution is -0.137. The van der Waals surface area contributed by atoms with E-state index in [4.69, 9.17) is 10.8 Å². The summed E-state index contributed by atoms with van der Waals surface area (Å²) in [5.41, 5.74) is 5.90. The minimum absolute atomic E-state index is 0.0799. The monoisotopic (exact) mass is 295 g/mol. The van der Waals surface area contributed by atoms with Crippen LogP contribution in [0.15, 0.2) is 12.5 Å². The van der Waals surface area contributed by atoms with Crippen LogP contribution in [0.2, 0.25) is 0 Å². The van der Waals surface area contributed by atoms with E-state index in [2.05, 4.69) is 9.88 Å². The van der Waals surface area contributed by atoms with E-state index in [0.29, 0.717) is 51.5 Å². The summed E-state index contributed by atoms with van der Waals surface area (Å²) in [7, 11) is 0. The molecule has 0 unspecified atom stereocenters. The van der Waals surface area contributed by atoms with E-state index in [1.54, 1.807) is 22.0 Å². The number of carbonyl (C=O) groups excluding carboxylic acids is 1. The van der Waals surface area contributed by atoms with Gasteiger partial charge in [-0.1, -0.05) is 0 Å². The van der Waals surface area contributed by atoms with Gasteiger partial charge in [0.25, 0.3) is 5.91 Å². The molecule has 1 fully saturated rings. The smallest absolute Gasteiger partial charge is 0.304 e. The number of carboxylic acids is 1. The number of hydrogen-bond acceptors (Lipinski definition) is 5. The SMILES string of the molecule is NCCn1cnc(C(=O)N2CCN(CCC(=O)O)CC2)c1. The summed E-state index contributed by atoms with van der Waals surface area (Å²) in [5.74, 6) is -0.873. The molecule has 0 bridgehead atoms. The van der Waals surface area contributed by atoms with Crippen molar-refractivity contribution in [1.29, 1.82) is 0 Å². The van der Waals surface area contributed by atoms with E-state index < -0.39 is 5.97 Å². The van der Waals surface area contributed by atoms with Gasteiger partial charge in [0.2, 0.25) is 0 Å². The van der Waals surface area contributed by atoms with Crippen molar-refractivity contribution in [3.05, 3.63) is 18.2 Å². The van der Waals surface area contributed by atoms with Crippen LogP contribution in [0.1, 0.15) is 16.9 Å². The van der Waals surface area contributed by atoms with Crippen LogP contribution >= 0.6 is 0 Å². The molecule has 116 valence electrons. The number of nitrogens with two attached hydrogens (primary N) is 1. The fourth-order valence-corrected chi connectivity index (χ4v) is 2.33. The highest BCUT2D eigenvalue weighted by Gasteiger charge is 2.23. The summed E-state index contributed by atoms with van der Waals surface area (Å²) in [6.45, 7) is 4.27. The second kappa shape index (κ2) is 7.19. The zero-order valence-electron chi connectivity index (χ0n) is 11.9. The van der Waals surface area contributed by atoms with Gasteiger partial charge in [0.1, 0.15) is 5.69 Å². The van der Waals surface area contributed by atoms with Gasteiger partial charge in [0, 0.05) is 52.0 Å². The van der Waals surface area contributed by atoms with Gasteiger partial charge in [-0.3, -0.25) is 14.5 Å². The number of imidazole rings is 1. The number of aliphatic carboxylic acids is 1. The maximum Gasteiger partial charge on any atom is 0.304 e. The standard InChI is InChI=1S/C13H21N5O3/c14-2-4-17-9-11(15-10-17)13(21)18-7-5-16(6-8-18)3-1-12(19)20/h9-10H,1-8,14H2,(H,19,20). The highest BCUT2D eigenvalue weighted by Crippen LogP contribution is 2.08. The quantitative estimate of drug-likeness (QED) is 0.703. The summed E-state index contributed by atoms with van der Waals surface area (Å²) in [4.78, 5) is 30.8. The van der Waals surface area contributed by atoms with Gasteiger partial charge in [-0.25, -0.2) is 4.98 Å². The van der Waals surface area contributed by atoms with Crippen LogP contribution in [0, 0.1) is 0 Å². The van der Waals surface area contributed by atoms with Crippen LogP contribution in [-0.4, -0.2) is 75.6 Å². The van der Waals surface area contributed by atoms with Gasteiger partial charge in [0.05, 0.1) is 12.7 Å². The summed E-state index contributed by atoms with van der Waals surface area (Å²) < 4.78 is 1.80. The first-order valence-corrected chi connectivity index (χ1v) is 7.05. The fourth-order valence-electron chi connectivity index (χ4n) is 2.33. The van der Waals surface area contributed by atoms with Gasteiger partial charge in [0.15, 0.2) is 0 Å². The Kier molecular flexibility index (Phi) is 5.29. The predicted octanol–water partition coefficient (Wildman–Crippen LogP) is -0.926. The molecule has 1 aromatic rings. The Labute approximate surface area is 123 Å². The van der Waals surface area contributed by atoms with E-state index in [1.807, 2.05) is 0 Å². The molecule has 2 heterocycles. The molecule has 1 saturated heterocycles. The molecule has 1 amide bonds. The number of aromatic nitrogens is 2. The van der Waals surface area contributed by atoms with Crippen molar-refractivity contribution in [2.45, 2.75) is 13.0 Å². The molecule has 8 heteroatoms. The molecule has 0 aromatic carbocycles. The van der Waals surface area contributed by atoms with Crippen LogP contribution in [-0.2, 0) is 11.3 Å². The summed E-state index contributed by atoms with van der Waals surface area (Å²) >= 11 is 0. The van der Waals surface area contributed by atoms with Gasteiger partial charge in [-0.05, 0) is 0 Å². The topological polar surface area (TPSA) is 105 Å². The Morgan fingerprint density at radius 3 is 2.57 bits per heavy atom. The third-order valence-electron chi connectivity index (χ3n) is 3.54. The second-order valence-corrected chi connectivity index (χ2v) is 5.06. The fraction of sp³-hybridized carbons (Fsp3) is 0.615. The number of amides is 1. The van der Waals surface area contributed by atoms with E-state index in [1.165, 1.54) is 0 Å². The van der Waals surface area contributed by atoms with E-state index in [0.717, 1.165) is 0 Å². The van der Waals surface area contributed by atoms with Gasteiger partial charge in [-0.15, -0.1) is 0 Å². The highest BCUT2D eigenvalue weighted by atomic mass is 16.4. The van der Waals surface area contributed by atoms with Crippen LogP contribution in [0.3, 0.4) is 0 Å². The van der Waals surface area contributed by atoms with Crippen molar-refractivity contribution in [2.24, 2.45) is 5.73 Å². The summed E-state index contributed by atoms with van der Waals surface area (Å²) in [6, 6.07) is 0. The van der Waals surface area contributed by atoms with Gasteiger partial charge < -0.3 is 20.3 Å². The third kappa shape index (κ3) is 4.27. The number of hydrogen-bond donors (Lipinski definition) is 2. The van der Waals surface area contributed by atoms with Gasteiger partial charge in [-0.2, -0.15) is 0 Å². The highest BCUT2D eigenvalue weighted by molar-refractivity contribution is 5.92. The number of rotatable bonds is 6. The summed E-state index contributed by atoms with van der Waals surface area (Å²) in [5, 5.41) is 8.67. The minimum atomic E-state index is -0.793. The van der Waals surface area contributed by atoms with Crippen molar-refractivity contribution >= 4 is 11.9 Å². The Bertz CT molecular complexity index is 494. The zero-order valence-corrected chi connectivity index (χ0v) is 11.9. The van der Waals surface area contributed by atoms with Crippen molar-refractivity contribution in [1.82, 2.24) is 19.4 Å². The van der Waals surface area contributed by atoms with Crippen molar-refractivity contribution in [2.75, 3.05) is 39.3 Å². The molecule has 1 aliphatic rings. The van der Waals surface area contributed by atoms with Crippen LogP contribution in [0.5, 0.6) is 0 Å². The first-order chi connectivity index (χ1) is 10.1. The molecule has 0 saturated carbocycles. The van der Waals surface area contributed by atoms with E-state index >= 15 is 0 Å².